The minimum Gasteiger partial charge on any atom is -0.493 e. The van der Waals surface area contributed by atoms with Crippen LogP contribution in [0.3, 0.4) is 0 Å². The lowest BCUT2D eigenvalue weighted by molar-refractivity contribution is 0.355. The van der Waals surface area contributed by atoms with Crippen LogP contribution in [0.5, 0.6) is 11.5 Å². The molecule has 3 rings (SSSR count). The highest BCUT2D eigenvalue weighted by molar-refractivity contribution is 5.94. The number of nitrogens with zero attached hydrogens (tertiary/aromatic N) is 1. The lowest BCUT2D eigenvalue weighted by Gasteiger charge is -2.10. The molecule has 108 valence electrons. The van der Waals surface area contributed by atoms with Crippen LogP contribution in [-0.4, -0.2) is 19.2 Å². The number of halogens is 1. The Morgan fingerprint density at radius 2 is 1.62 bits per heavy atom. The van der Waals surface area contributed by atoms with Crippen LogP contribution in [0.25, 0.3) is 22.0 Å². The van der Waals surface area contributed by atoms with Gasteiger partial charge in [0.15, 0.2) is 11.5 Å². The van der Waals surface area contributed by atoms with Crippen molar-refractivity contribution >= 4 is 23.2 Å². The van der Waals surface area contributed by atoms with Crippen molar-refractivity contribution in [2.24, 2.45) is 0 Å². The number of ether oxygens (including phenoxy) is 2. The van der Waals surface area contributed by atoms with E-state index in [4.69, 9.17) is 9.47 Å². The zero-order valence-electron chi connectivity index (χ0n) is 11.9. The van der Waals surface area contributed by atoms with Gasteiger partial charge in [0.2, 0.25) is 0 Å². The molecule has 0 saturated carbocycles. The molecular formula is C17H16ClNO2. The van der Waals surface area contributed by atoms with E-state index in [9.17, 15) is 0 Å². The van der Waals surface area contributed by atoms with Crippen molar-refractivity contribution in [1.82, 2.24) is 4.98 Å². The first-order valence-corrected chi connectivity index (χ1v) is 6.39. The minimum absolute atomic E-state index is 0. The Labute approximate surface area is 129 Å². The van der Waals surface area contributed by atoms with E-state index < -0.39 is 0 Å². The normalized spacial score (nSPS) is 10.0. The fourth-order valence-corrected chi connectivity index (χ4v) is 2.33. The number of benzene rings is 2. The van der Waals surface area contributed by atoms with Gasteiger partial charge in [-0.05, 0) is 29.7 Å². The molecule has 0 aliphatic rings. The third-order valence-electron chi connectivity index (χ3n) is 3.33. The van der Waals surface area contributed by atoms with E-state index in [0.29, 0.717) is 5.75 Å². The van der Waals surface area contributed by atoms with Gasteiger partial charge in [-0.25, -0.2) is 0 Å². The zero-order chi connectivity index (χ0) is 13.9. The van der Waals surface area contributed by atoms with Crippen LogP contribution >= 0.6 is 12.4 Å². The number of hydrogen-bond donors (Lipinski definition) is 0. The first kappa shape index (κ1) is 15.1. The van der Waals surface area contributed by atoms with Gasteiger partial charge in [-0.2, -0.15) is 0 Å². The Hall–Kier alpha value is -2.26. The number of rotatable bonds is 3. The van der Waals surface area contributed by atoms with Crippen LogP contribution in [0.1, 0.15) is 0 Å². The molecule has 21 heavy (non-hydrogen) atoms. The molecule has 0 saturated heterocycles. The monoisotopic (exact) mass is 301 g/mol. The summed E-state index contributed by atoms with van der Waals surface area (Å²) in [6, 6.07) is 16.1. The van der Waals surface area contributed by atoms with Crippen molar-refractivity contribution in [3.05, 3.63) is 54.7 Å². The number of pyridine rings is 1. The van der Waals surface area contributed by atoms with Crippen LogP contribution in [0.4, 0.5) is 0 Å². The summed E-state index contributed by atoms with van der Waals surface area (Å²) in [5.41, 5.74) is 1.96. The van der Waals surface area contributed by atoms with E-state index in [1.807, 2.05) is 42.6 Å². The van der Waals surface area contributed by atoms with E-state index in [-0.39, 0.29) is 12.4 Å². The Morgan fingerprint density at radius 1 is 0.857 bits per heavy atom. The van der Waals surface area contributed by atoms with Gasteiger partial charge in [-0.15, -0.1) is 12.4 Å². The van der Waals surface area contributed by atoms with Gasteiger partial charge in [0.1, 0.15) is 0 Å². The number of methoxy groups -OCH3 is 2. The highest BCUT2D eigenvalue weighted by atomic mass is 35.5. The Bertz CT molecular complexity index is 753. The molecular weight excluding hydrogens is 286 g/mol. The molecule has 4 heteroatoms. The standard InChI is InChI=1S/C17H15NO2.ClH/c1-19-15-8-7-13(11-16(15)20-2)17-14-6-4-3-5-12(14)9-10-18-17;/h3-11H,1-2H3;1H. The Balaban J connectivity index is 0.00000161. The molecule has 2 aromatic carbocycles. The highest BCUT2D eigenvalue weighted by Crippen LogP contribution is 2.34. The van der Waals surface area contributed by atoms with Gasteiger partial charge in [0.25, 0.3) is 0 Å². The van der Waals surface area contributed by atoms with E-state index in [1.165, 1.54) is 5.39 Å². The summed E-state index contributed by atoms with van der Waals surface area (Å²) in [7, 11) is 3.27. The van der Waals surface area contributed by atoms with Crippen molar-refractivity contribution in [2.45, 2.75) is 0 Å². The second-order valence-corrected chi connectivity index (χ2v) is 4.45. The second-order valence-electron chi connectivity index (χ2n) is 4.45. The fraction of sp³-hybridized carbons (Fsp3) is 0.118. The third-order valence-corrected chi connectivity index (χ3v) is 3.33. The fourth-order valence-electron chi connectivity index (χ4n) is 2.33. The van der Waals surface area contributed by atoms with Crippen LogP contribution in [0, 0.1) is 0 Å². The van der Waals surface area contributed by atoms with E-state index in [2.05, 4.69) is 17.1 Å². The maximum atomic E-state index is 5.36. The average molecular weight is 302 g/mol. The summed E-state index contributed by atoms with van der Waals surface area (Å²) in [6.07, 6.45) is 1.83. The molecule has 0 N–H and O–H groups in total. The summed E-state index contributed by atoms with van der Waals surface area (Å²) in [5, 5.41) is 2.30. The van der Waals surface area contributed by atoms with Crippen molar-refractivity contribution in [2.75, 3.05) is 14.2 Å². The number of aromatic nitrogens is 1. The maximum absolute atomic E-state index is 5.36. The maximum Gasteiger partial charge on any atom is 0.161 e. The van der Waals surface area contributed by atoms with Gasteiger partial charge in [-0.3, -0.25) is 4.98 Å². The van der Waals surface area contributed by atoms with E-state index in [0.717, 1.165) is 22.4 Å². The van der Waals surface area contributed by atoms with Gasteiger partial charge >= 0.3 is 0 Å². The minimum atomic E-state index is 0. The van der Waals surface area contributed by atoms with Crippen LogP contribution in [-0.2, 0) is 0 Å². The second kappa shape index (κ2) is 6.46. The lowest BCUT2D eigenvalue weighted by Crippen LogP contribution is -1.92. The molecule has 0 fully saturated rings. The first-order chi connectivity index (χ1) is 9.83. The molecule has 0 aliphatic carbocycles. The SMILES string of the molecule is COc1ccc(-c2nccc3ccccc23)cc1OC.Cl. The topological polar surface area (TPSA) is 31.4 Å². The third kappa shape index (κ3) is 2.78. The van der Waals surface area contributed by atoms with Gasteiger partial charge < -0.3 is 9.47 Å². The van der Waals surface area contributed by atoms with Crippen molar-refractivity contribution in [3.63, 3.8) is 0 Å². The number of hydrogen-bond acceptors (Lipinski definition) is 3. The van der Waals surface area contributed by atoms with Crippen LogP contribution < -0.4 is 9.47 Å². The highest BCUT2D eigenvalue weighted by Gasteiger charge is 2.09. The predicted molar refractivity (Wildman–Crippen MR) is 87.5 cm³/mol. The lowest BCUT2D eigenvalue weighted by atomic mass is 10.0. The van der Waals surface area contributed by atoms with Crippen molar-refractivity contribution in [1.29, 1.82) is 0 Å². The molecule has 0 spiro atoms. The first-order valence-electron chi connectivity index (χ1n) is 6.39. The summed E-state index contributed by atoms with van der Waals surface area (Å²) < 4.78 is 10.6. The summed E-state index contributed by atoms with van der Waals surface area (Å²) >= 11 is 0. The molecule has 0 amide bonds. The van der Waals surface area contributed by atoms with Crippen LogP contribution in [0.2, 0.25) is 0 Å². The molecule has 0 atom stereocenters. The molecule has 1 heterocycles. The van der Waals surface area contributed by atoms with Crippen molar-refractivity contribution < 1.29 is 9.47 Å². The van der Waals surface area contributed by atoms with Gasteiger partial charge in [0.05, 0.1) is 19.9 Å². The average Bonchev–Trinajstić information content (AvgIpc) is 2.53. The van der Waals surface area contributed by atoms with Crippen LogP contribution in [0.15, 0.2) is 54.7 Å². The molecule has 0 aliphatic heterocycles. The quantitative estimate of drug-likeness (QED) is 0.721. The Kier molecular flexibility index (Phi) is 4.66. The molecule has 0 unspecified atom stereocenters. The molecule has 1 aromatic heterocycles. The van der Waals surface area contributed by atoms with Gasteiger partial charge in [-0.1, -0.05) is 24.3 Å². The Morgan fingerprint density at radius 3 is 2.38 bits per heavy atom. The largest absolute Gasteiger partial charge is 0.493 e. The molecule has 0 radical (unpaired) electrons. The summed E-state index contributed by atoms with van der Waals surface area (Å²) in [4.78, 5) is 4.51. The van der Waals surface area contributed by atoms with Crippen molar-refractivity contribution in [3.8, 4) is 22.8 Å². The number of fused-ring (bicyclic) bond motifs is 1. The molecule has 3 aromatic rings. The van der Waals surface area contributed by atoms with E-state index in [1.54, 1.807) is 14.2 Å². The molecule has 3 nitrogen and oxygen atoms in total. The summed E-state index contributed by atoms with van der Waals surface area (Å²) in [6.45, 7) is 0. The molecule has 0 bridgehead atoms. The smallest absolute Gasteiger partial charge is 0.161 e. The van der Waals surface area contributed by atoms with E-state index >= 15 is 0 Å². The van der Waals surface area contributed by atoms with Gasteiger partial charge in [0, 0.05) is 17.1 Å². The zero-order valence-corrected chi connectivity index (χ0v) is 12.7. The summed E-state index contributed by atoms with van der Waals surface area (Å²) in [5.74, 6) is 1.43. The predicted octanol–water partition coefficient (Wildman–Crippen LogP) is 4.34.